The third-order valence-electron chi connectivity index (χ3n) is 2.62. The van der Waals surface area contributed by atoms with E-state index in [4.69, 9.17) is 11.2 Å². The smallest absolute Gasteiger partial charge is 0.221 e. The van der Waals surface area contributed by atoms with E-state index in [-0.39, 0.29) is 31.1 Å². The van der Waals surface area contributed by atoms with Gasteiger partial charge in [0.25, 0.3) is 0 Å². The maximum atomic E-state index is 12.1. The molecule has 0 unspecified atom stereocenters. The van der Waals surface area contributed by atoms with Crippen molar-refractivity contribution in [2.24, 2.45) is 0 Å². The van der Waals surface area contributed by atoms with Gasteiger partial charge in [-0.2, -0.15) is 0 Å². The predicted octanol–water partition coefficient (Wildman–Crippen LogP) is 1.72. The number of ketones is 1. The molecule has 0 spiro atoms. The molecule has 1 rings (SSSR count). The van der Waals surface area contributed by atoms with Gasteiger partial charge in [0.1, 0.15) is 5.75 Å². The minimum atomic E-state index is -0.224. The van der Waals surface area contributed by atoms with Gasteiger partial charge in [-0.1, -0.05) is 17.6 Å². The Labute approximate surface area is 113 Å². The van der Waals surface area contributed by atoms with Crippen molar-refractivity contribution < 1.29 is 14.3 Å². The molecule has 1 aromatic carbocycles. The minimum Gasteiger partial charge on any atom is -0.496 e. The Morgan fingerprint density at radius 1 is 1.37 bits per heavy atom. The molecular weight excluding hydrogens is 242 g/mol. The highest BCUT2D eigenvalue weighted by atomic mass is 16.5. The molecule has 1 aromatic rings. The Balaban J connectivity index is 2.66. The highest BCUT2D eigenvalue weighted by molar-refractivity contribution is 6.00. The van der Waals surface area contributed by atoms with Gasteiger partial charge in [0.05, 0.1) is 19.2 Å². The molecule has 0 saturated heterocycles. The summed E-state index contributed by atoms with van der Waals surface area (Å²) in [6.07, 6.45) is 5.29. The van der Waals surface area contributed by atoms with Crippen LogP contribution >= 0.6 is 0 Å². The van der Waals surface area contributed by atoms with Gasteiger partial charge in [-0.05, 0) is 19.1 Å². The van der Waals surface area contributed by atoms with Gasteiger partial charge >= 0.3 is 0 Å². The van der Waals surface area contributed by atoms with E-state index in [2.05, 4.69) is 11.2 Å². The molecule has 0 atom stereocenters. The molecule has 0 fully saturated rings. The van der Waals surface area contributed by atoms with Crippen molar-refractivity contribution in [2.45, 2.75) is 19.8 Å². The summed E-state index contributed by atoms with van der Waals surface area (Å²) in [4.78, 5) is 23.4. The molecule has 1 amide bonds. The van der Waals surface area contributed by atoms with Crippen LogP contribution in [0.2, 0.25) is 0 Å². The van der Waals surface area contributed by atoms with E-state index in [1.165, 1.54) is 7.11 Å². The zero-order valence-corrected chi connectivity index (χ0v) is 11.2. The number of carbonyl (C=O) groups excluding carboxylic acids is 2. The van der Waals surface area contributed by atoms with E-state index in [1.54, 1.807) is 12.1 Å². The largest absolute Gasteiger partial charge is 0.496 e. The van der Waals surface area contributed by atoms with Crippen LogP contribution < -0.4 is 10.1 Å². The molecule has 4 nitrogen and oxygen atoms in total. The van der Waals surface area contributed by atoms with Crippen LogP contribution in [0.1, 0.15) is 28.8 Å². The normalized spacial score (nSPS) is 9.53. The lowest BCUT2D eigenvalue weighted by Gasteiger charge is -2.08. The maximum absolute atomic E-state index is 12.1. The lowest BCUT2D eigenvalue weighted by Crippen LogP contribution is -2.23. The standard InChI is InChI=1S/C15H17NO3/c1-4-9-16-15(18)8-6-13(17)12-10-11(2)5-7-14(12)19-3/h1,5,7,10H,6,8-9H2,2-3H3,(H,16,18). The second-order valence-corrected chi connectivity index (χ2v) is 4.11. The lowest BCUT2D eigenvalue weighted by molar-refractivity contribution is -0.120. The molecule has 0 aliphatic rings. The first kappa shape index (κ1) is 14.8. The van der Waals surface area contributed by atoms with Crippen LogP contribution in [0.3, 0.4) is 0 Å². The summed E-state index contributed by atoms with van der Waals surface area (Å²) in [7, 11) is 1.51. The number of amides is 1. The topological polar surface area (TPSA) is 55.4 Å². The fraction of sp³-hybridized carbons (Fsp3) is 0.333. The molecule has 0 aromatic heterocycles. The van der Waals surface area contributed by atoms with E-state index in [1.807, 2.05) is 13.0 Å². The van der Waals surface area contributed by atoms with Gasteiger partial charge in [-0.3, -0.25) is 9.59 Å². The van der Waals surface area contributed by atoms with Crippen molar-refractivity contribution in [2.75, 3.05) is 13.7 Å². The highest BCUT2D eigenvalue weighted by Gasteiger charge is 2.13. The summed E-state index contributed by atoms with van der Waals surface area (Å²) in [5, 5.41) is 2.52. The number of terminal acetylenes is 1. The van der Waals surface area contributed by atoms with Gasteiger partial charge < -0.3 is 10.1 Å². The van der Waals surface area contributed by atoms with Crippen molar-refractivity contribution in [3.63, 3.8) is 0 Å². The number of methoxy groups -OCH3 is 1. The van der Waals surface area contributed by atoms with Gasteiger partial charge in [0.15, 0.2) is 5.78 Å². The second kappa shape index (κ2) is 7.22. The Morgan fingerprint density at radius 3 is 2.74 bits per heavy atom. The SMILES string of the molecule is C#CCNC(=O)CCC(=O)c1cc(C)ccc1OC. The summed E-state index contributed by atoms with van der Waals surface area (Å²) < 4.78 is 5.15. The number of benzene rings is 1. The number of Topliss-reactive ketones (excluding diaryl/α,β-unsaturated/α-hetero) is 1. The van der Waals surface area contributed by atoms with E-state index >= 15 is 0 Å². The Kier molecular flexibility index (Phi) is 5.62. The van der Waals surface area contributed by atoms with E-state index < -0.39 is 0 Å². The van der Waals surface area contributed by atoms with Crippen LogP contribution in [0.4, 0.5) is 0 Å². The Hall–Kier alpha value is -2.28. The average molecular weight is 259 g/mol. The molecular formula is C15H17NO3. The third kappa shape index (κ3) is 4.47. The van der Waals surface area contributed by atoms with E-state index in [9.17, 15) is 9.59 Å². The molecule has 19 heavy (non-hydrogen) atoms. The molecule has 0 aliphatic carbocycles. The molecule has 100 valence electrons. The van der Waals surface area contributed by atoms with Gasteiger partial charge in [-0.25, -0.2) is 0 Å². The number of ether oxygens (including phenoxy) is 1. The first-order chi connectivity index (χ1) is 9.08. The summed E-state index contributed by atoms with van der Waals surface area (Å²) in [5.41, 5.74) is 1.48. The highest BCUT2D eigenvalue weighted by Crippen LogP contribution is 2.21. The fourth-order valence-corrected chi connectivity index (χ4v) is 1.64. The molecule has 0 radical (unpaired) electrons. The van der Waals surface area contributed by atoms with Crippen LogP contribution in [0, 0.1) is 19.3 Å². The number of rotatable bonds is 6. The van der Waals surface area contributed by atoms with Crippen LogP contribution in [0.15, 0.2) is 18.2 Å². The van der Waals surface area contributed by atoms with Gasteiger partial charge in [0.2, 0.25) is 5.91 Å². The molecule has 0 bridgehead atoms. The number of hydrogen-bond acceptors (Lipinski definition) is 3. The lowest BCUT2D eigenvalue weighted by atomic mass is 10.0. The van der Waals surface area contributed by atoms with Crippen LogP contribution in [-0.2, 0) is 4.79 Å². The number of carbonyl (C=O) groups is 2. The van der Waals surface area contributed by atoms with Crippen molar-refractivity contribution >= 4 is 11.7 Å². The summed E-state index contributed by atoms with van der Waals surface area (Å²) >= 11 is 0. The van der Waals surface area contributed by atoms with Gasteiger partial charge in [0, 0.05) is 12.8 Å². The van der Waals surface area contributed by atoms with Crippen molar-refractivity contribution in [3.8, 4) is 18.1 Å². The van der Waals surface area contributed by atoms with Crippen LogP contribution in [-0.4, -0.2) is 25.3 Å². The van der Waals surface area contributed by atoms with Crippen molar-refractivity contribution in [3.05, 3.63) is 29.3 Å². The minimum absolute atomic E-state index is 0.114. The molecule has 4 heteroatoms. The first-order valence-corrected chi connectivity index (χ1v) is 5.96. The first-order valence-electron chi connectivity index (χ1n) is 5.96. The monoisotopic (exact) mass is 259 g/mol. The fourth-order valence-electron chi connectivity index (χ4n) is 1.64. The second-order valence-electron chi connectivity index (χ2n) is 4.11. The predicted molar refractivity (Wildman–Crippen MR) is 73.1 cm³/mol. The summed E-state index contributed by atoms with van der Waals surface area (Å²) in [6, 6.07) is 5.39. The Bertz CT molecular complexity index is 515. The van der Waals surface area contributed by atoms with Crippen LogP contribution in [0.25, 0.3) is 0 Å². The average Bonchev–Trinajstić information content (AvgIpc) is 2.42. The zero-order chi connectivity index (χ0) is 14.3. The van der Waals surface area contributed by atoms with E-state index in [0.29, 0.717) is 11.3 Å². The van der Waals surface area contributed by atoms with Gasteiger partial charge in [-0.15, -0.1) is 6.42 Å². The number of hydrogen-bond donors (Lipinski definition) is 1. The quantitative estimate of drug-likeness (QED) is 0.625. The van der Waals surface area contributed by atoms with Crippen molar-refractivity contribution in [1.29, 1.82) is 0 Å². The molecule has 0 saturated carbocycles. The summed E-state index contributed by atoms with van der Waals surface area (Å²) in [6.45, 7) is 2.08. The number of nitrogens with one attached hydrogen (secondary N) is 1. The van der Waals surface area contributed by atoms with E-state index in [0.717, 1.165) is 5.56 Å². The Morgan fingerprint density at radius 2 is 2.11 bits per heavy atom. The number of aryl methyl sites for hydroxylation is 1. The summed E-state index contributed by atoms with van der Waals surface area (Å²) in [5.74, 6) is 2.50. The van der Waals surface area contributed by atoms with Crippen LogP contribution in [0.5, 0.6) is 5.75 Å². The molecule has 1 N–H and O–H groups in total. The zero-order valence-electron chi connectivity index (χ0n) is 11.2. The molecule has 0 heterocycles. The third-order valence-corrected chi connectivity index (χ3v) is 2.62. The molecule has 0 aliphatic heterocycles. The van der Waals surface area contributed by atoms with Crippen molar-refractivity contribution in [1.82, 2.24) is 5.32 Å². The maximum Gasteiger partial charge on any atom is 0.221 e.